The van der Waals surface area contributed by atoms with Crippen LogP contribution in [0.25, 0.3) is 22.9 Å². The first-order valence-corrected chi connectivity index (χ1v) is 9.55. The second-order valence-corrected chi connectivity index (χ2v) is 7.70. The molecule has 0 radical (unpaired) electrons. The smallest absolute Gasteiger partial charge is 0.199 e. The SMILES string of the molecule is CN(C(=N)Nc1ccc2cccc3c2c1C=C3)c1cc(Cl)c(Cl)c(Cl)c1Cl. The molecule has 0 heterocycles. The summed E-state index contributed by atoms with van der Waals surface area (Å²) in [5.74, 6) is 0.125. The molecule has 3 aromatic rings. The van der Waals surface area contributed by atoms with E-state index in [9.17, 15) is 0 Å². The first kappa shape index (κ1) is 18.5. The molecule has 27 heavy (non-hydrogen) atoms. The van der Waals surface area contributed by atoms with Crippen molar-refractivity contribution in [2.45, 2.75) is 0 Å². The average molecular weight is 437 g/mol. The molecule has 0 atom stereocenters. The van der Waals surface area contributed by atoms with Crippen LogP contribution in [0.5, 0.6) is 0 Å². The van der Waals surface area contributed by atoms with E-state index in [-0.39, 0.29) is 26.1 Å². The van der Waals surface area contributed by atoms with Crippen LogP contribution in [-0.4, -0.2) is 13.0 Å². The number of rotatable bonds is 2. The van der Waals surface area contributed by atoms with Crippen LogP contribution in [0.4, 0.5) is 11.4 Å². The van der Waals surface area contributed by atoms with Crippen molar-refractivity contribution in [1.82, 2.24) is 0 Å². The lowest BCUT2D eigenvalue weighted by molar-refractivity contribution is 1.21. The molecule has 4 rings (SSSR count). The molecule has 0 saturated carbocycles. The molecule has 0 aliphatic heterocycles. The van der Waals surface area contributed by atoms with E-state index in [0.717, 1.165) is 16.6 Å². The maximum atomic E-state index is 8.47. The molecular weight excluding hydrogens is 424 g/mol. The summed E-state index contributed by atoms with van der Waals surface area (Å²) in [6.07, 6.45) is 4.13. The third-order valence-electron chi connectivity index (χ3n) is 4.58. The molecule has 0 saturated heterocycles. The van der Waals surface area contributed by atoms with Crippen molar-refractivity contribution in [1.29, 1.82) is 5.41 Å². The quantitative estimate of drug-likeness (QED) is 0.148. The van der Waals surface area contributed by atoms with Gasteiger partial charge in [-0.15, -0.1) is 0 Å². The molecular formula is C20H13Cl4N3. The fourth-order valence-corrected chi connectivity index (χ4v) is 4.08. The summed E-state index contributed by atoms with van der Waals surface area (Å²) in [7, 11) is 1.71. The van der Waals surface area contributed by atoms with Crippen molar-refractivity contribution in [2.24, 2.45) is 0 Å². The van der Waals surface area contributed by atoms with Crippen LogP contribution < -0.4 is 10.2 Å². The Morgan fingerprint density at radius 3 is 2.52 bits per heavy atom. The molecule has 0 fully saturated rings. The first-order chi connectivity index (χ1) is 12.9. The van der Waals surface area contributed by atoms with Crippen molar-refractivity contribution >= 4 is 86.7 Å². The van der Waals surface area contributed by atoms with Crippen LogP contribution in [0.3, 0.4) is 0 Å². The van der Waals surface area contributed by atoms with Gasteiger partial charge in [-0.2, -0.15) is 0 Å². The molecule has 0 unspecified atom stereocenters. The normalized spacial score (nSPS) is 11.9. The highest BCUT2D eigenvalue weighted by Gasteiger charge is 2.20. The Morgan fingerprint density at radius 2 is 1.74 bits per heavy atom. The van der Waals surface area contributed by atoms with Crippen LogP contribution in [0.15, 0.2) is 36.4 Å². The van der Waals surface area contributed by atoms with Crippen molar-refractivity contribution in [3.05, 3.63) is 67.6 Å². The monoisotopic (exact) mass is 435 g/mol. The Bertz CT molecular complexity index is 1140. The Balaban J connectivity index is 1.68. The molecule has 136 valence electrons. The van der Waals surface area contributed by atoms with Crippen LogP contribution in [0.1, 0.15) is 11.1 Å². The molecule has 0 spiro atoms. The minimum absolute atomic E-state index is 0.125. The predicted molar refractivity (Wildman–Crippen MR) is 119 cm³/mol. The molecule has 1 aliphatic carbocycles. The van der Waals surface area contributed by atoms with E-state index in [0.29, 0.717) is 5.69 Å². The standard InChI is InChI=1S/C20H13Cl4N3/c1-27(15-9-13(21)17(22)19(24)18(15)23)20(25)26-14-8-6-11-4-2-3-10-5-7-12(14)16(10)11/h2-9H,1H3,(H2,25,26). The van der Waals surface area contributed by atoms with Gasteiger partial charge in [-0.1, -0.05) is 82.8 Å². The highest BCUT2D eigenvalue weighted by molar-refractivity contribution is 6.53. The Hall–Kier alpha value is -1.91. The van der Waals surface area contributed by atoms with Gasteiger partial charge in [-0.25, -0.2) is 0 Å². The fraction of sp³-hybridized carbons (Fsp3) is 0.0500. The van der Waals surface area contributed by atoms with Gasteiger partial charge >= 0.3 is 0 Å². The summed E-state index contributed by atoms with van der Waals surface area (Å²) in [6, 6.07) is 11.8. The zero-order valence-electron chi connectivity index (χ0n) is 14.1. The summed E-state index contributed by atoms with van der Waals surface area (Å²) in [5.41, 5.74) is 3.55. The lowest BCUT2D eigenvalue weighted by Crippen LogP contribution is -2.32. The van der Waals surface area contributed by atoms with E-state index < -0.39 is 0 Å². The largest absolute Gasteiger partial charge is 0.326 e. The number of benzene rings is 3. The van der Waals surface area contributed by atoms with Gasteiger partial charge in [-0.3, -0.25) is 5.41 Å². The second-order valence-electron chi connectivity index (χ2n) is 6.16. The lowest BCUT2D eigenvalue weighted by atomic mass is 10.0. The number of hydrogen-bond donors (Lipinski definition) is 2. The van der Waals surface area contributed by atoms with E-state index in [2.05, 4.69) is 29.6 Å². The van der Waals surface area contributed by atoms with Gasteiger partial charge in [0.15, 0.2) is 5.96 Å². The Labute approximate surface area is 176 Å². The van der Waals surface area contributed by atoms with Crippen LogP contribution in [0.2, 0.25) is 20.1 Å². The van der Waals surface area contributed by atoms with Crippen molar-refractivity contribution in [3.8, 4) is 0 Å². The van der Waals surface area contributed by atoms with Crippen molar-refractivity contribution < 1.29 is 0 Å². The molecule has 0 aromatic heterocycles. The van der Waals surface area contributed by atoms with Crippen LogP contribution >= 0.6 is 46.4 Å². The van der Waals surface area contributed by atoms with Gasteiger partial charge in [0.2, 0.25) is 0 Å². The van der Waals surface area contributed by atoms with Gasteiger partial charge in [0.05, 0.1) is 25.8 Å². The predicted octanol–water partition coefficient (Wildman–Crippen LogP) is 7.42. The van der Waals surface area contributed by atoms with Crippen molar-refractivity contribution in [3.63, 3.8) is 0 Å². The molecule has 3 aromatic carbocycles. The zero-order chi connectivity index (χ0) is 19.3. The van der Waals surface area contributed by atoms with Gasteiger partial charge in [0.1, 0.15) is 0 Å². The Kier molecular flexibility index (Phi) is 4.73. The van der Waals surface area contributed by atoms with Gasteiger partial charge in [0, 0.05) is 18.3 Å². The molecule has 2 N–H and O–H groups in total. The fourth-order valence-electron chi connectivity index (χ4n) is 3.17. The molecule has 7 heteroatoms. The third-order valence-corrected chi connectivity index (χ3v) is 6.32. The second kappa shape index (κ2) is 6.92. The molecule has 0 amide bonds. The summed E-state index contributed by atoms with van der Waals surface area (Å²) in [5, 5.41) is 14.8. The minimum Gasteiger partial charge on any atom is -0.326 e. The van der Waals surface area contributed by atoms with Gasteiger partial charge in [-0.05, 0) is 28.5 Å². The lowest BCUT2D eigenvalue weighted by Gasteiger charge is -2.24. The maximum Gasteiger partial charge on any atom is 0.199 e. The molecule has 1 aliphatic rings. The van der Waals surface area contributed by atoms with Gasteiger partial charge in [0.25, 0.3) is 0 Å². The van der Waals surface area contributed by atoms with Crippen molar-refractivity contribution in [2.75, 3.05) is 17.3 Å². The van der Waals surface area contributed by atoms with Gasteiger partial charge < -0.3 is 10.2 Å². The number of halogens is 4. The van der Waals surface area contributed by atoms with E-state index in [1.165, 1.54) is 10.9 Å². The highest BCUT2D eigenvalue weighted by atomic mass is 35.5. The van der Waals surface area contributed by atoms with E-state index in [4.69, 9.17) is 51.8 Å². The number of nitrogens with zero attached hydrogens (tertiary/aromatic N) is 1. The third kappa shape index (κ3) is 3.05. The van der Waals surface area contributed by atoms with E-state index in [1.54, 1.807) is 18.0 Å². The summed E-state index contributed by atoms with van der Waals surface area (Å²) < 4.78 is 0. The Morgan fingerprint density at radius 1 is 0.963 bits per heavy atom. The van der Waals surface area contributed by atoms with Crippen LogP contribution in [0, 0.1) is 5.41 Å². The number of guanidine groups is 1. The first-order valence-electron chi connectivity index (χ1n) is 8.04. The van der Waals surface area contributed by atoms with E-state index >= 15 is 0 Å². The topological polar surface area (TPSA) is 39.1 Å². The number of hydrogen-bond acceptors (Lipinski definition) is 1. The highest BCUT2D eigenvalue weighted by Crippen LogP contribution is 2.42. The summed E-state index contributed by atoms with van der Waals surface area (Å²) >= 11 is 24.6. The minimum atomic E-state index is 0.125. The number of nitrogens with one attached hydrogen (secondary N) is 2. The summed E-state index contributed by atoms with van der Waals surface area (Å²) in [4.78, 5) is 1.57. The summed E-state index contributed by atoms with van der Waals surface area (Å²) in [6.45, 7) is 0. The average Bonchev–Trinajstić information content (AvgIpc) is 3.10. The molecule has 3 nitrogen and oxygen atoms in total. The van der Waals surface area contributed by atoms with E-state index in [1.807, 2.05) is 18.2 Å². The van der Waals surface area contributed by atoms with Crippen LogP contribution in [-0.2, 0) is 0 Å². The zero-order valence-corrected chi connectivity index (χ0v) is 17.1. The number of anilines is 2. The molecule has 0 bridgehead atoms. The maximum absolute atomic E-state index is 8.47.